The van der Waals surface area contributed by atoms with Gasteiger partial charge in [0, 0.05) is 24.2 Å². The third-order valence-electron chi connectivity index (χ3n) is 4.73. The second kappa shape index (κ2) is 5.44. The van der Waals surface area contributed by atoms with E-state index in [9.17, 15) is 4.79 Å². The lowest BCUT2D eigenvalue weighted by Crippen LogP contribution is -2.62. The number of hydrogen-bond donors (Lipinski definition) is 1. The Hall–Kier alpha value is -1.55. The molecule has 3 rings (SSSR count). The van der Waals surface area contributed by atoms with Gasteiger partial charge in [-0.25, -0.2) is 4.79 Å². The highest BCUT2D eigenvalue weighted by atomic mass is 16.2. The molecule has 1 aromatic rings. The third-order valence-corrected chi connectivity index (χ3v) is 4.73. The number of piperidine rings is 1. The number of anilines is 1. The van der Waals surface area contributed by atoms with Crippen molar-refractivity contribution in [2.24, 2.45) is 5.41 Å². The van der Waals surface area contributed by atoms with Crippen molar-refractivity contribution in [1.29, 1.82) is 0 Å². The number of nitrogens with one attached hydrogen (secondary N) is 1. The molecule has 2 aliphatic rings. The first-order chi connectivity index (χ1) is 9.71. The van der Waals surface area contributed by atoms with E-state index in [0.717, 1.165) is 25.3 Å². The summed E-state index contributed by atoms with van der Waals surface area (Å²) in [5.41, 5.74) is 1.28. The van der Waals surface area contributed by atoms with Crippen LogP contribution in [0.1, 0.15) is 19.8 Å². The average Bonchev–Trinajstić information content (AvgIpc) is 2.46. The minimum atomic E-state index is 0.0414. The Morgan fingerprint density at radius 3 is 2.45 bits per heavy atom. The van der Waals surface area contributed by atoms with E-state index in [2.05, 4.69) is 17.1 Å². The van der Waals surface area contributed by atoms with E-state index >= 15 is 0 Å². The number of urea groups is 1. The van der Waals surface area contributed by atoms with Gasteiger partial charge >= 0.3 is 6.03 Å². The number of para-hydroxylation sites is 1. The first-order valence-corrected chi connectivity index (χ1v) is 7.54. The van der Waals surface area contributed by atoms with E-state index in [1.54, 1.807) is 0 Å². The number of hydrogen-bond acceptors (Lipinski definition) is 2. The van der Waals surface area contributed by atoms with E-state index in [4.69, 9.17) is 0 Å². The lowest BCUT2D eigenvalue weighted by Gasteiger charge is -2.53. The van der Waals surface area contributed by atoms with Crippen LogP contribution in [0.2, 0.25) is 0 Å². The number of carbonyl (C=O) groups excluding carboxylic acids is 1. The summed E-state index contributed by atoms with van der Waals surface area (Å²) in [5.74, 6) is 0. The summed E-state index contributed by atoms with van der Waals surface area (Å²) in [6, 6.07) is 9.72. The van der Waals surface area contributed by atoms with Crippen molar-refractivity contribution in [3.8, 4) is 0 Å². The fourth-order valence-electron chi connectivity index (χ4n) is 3.29. The van der Waals surface area contributed by atoms with Crippen LogP contribution < -0.4 is 5.32 Å². The minimum Gasteiger partial charge on any atom is -0.323 e. The van der Waals surface area contributed by atoms with Crippen LogP contribution in [0.15, 0.2) is 30.3 Å². The summed E-state index contributed by atoms with van der Waals surface area (Å²) in [6.07, 6.45) is 2.46. The van der Waals surface area contributed by atoms with Gasteiger partial charge in [-0.05, 0) is 44.6 Å². The zero-order valence-corrected chi connectivity index (χ0v) is 12.1. The van der Waals surface area contributed by atoms with Gasteiger partial charge in [-0.15, -0.1) is 0 Å². The maximum absolute atomic E-state index is 12.1. The molecule has 4 nitrogen and oxygen atoms in total. The van der Waals surface area contributed by atoms with Crippen LogP contribution in [0.3, 0.4) is 0 Å². The normalized spacial score (nSPS) is 21.6. The summed E-state index contributed by atoms with van der Waals surface area (Å²) < 4.78 is 0. The summed E-state index contributed by atoms with van der Waals surface area (Å²) in [6.45, 7) is 7.58. The van der Waals surface area contributed by atoms with Gasteiger partial charge in [0.25, 0.3) is 0 Å². The smallest absolute Gasteiger partial charge is 0.321 e. The number of benzene rings is 1. The molecule has 0 bridgehead atoms. The van der Waals surface area contributed by atoms with Crippen LogP contribution in [0.4, 0.5) is 10.5 Å². The van der Waals surface area contributed by atoms with E-state index in [1.165, 1.54) is 25.9 Å². The van der Waals surface area contributed by atoms with Crippen LogP contribution >= 0.6 is 0 Å². The topological polar surface area (TPSA) is 35.6 Å². The molecule has 0 atom stereocenters. The second-order valence-corrected chi connectivity index (χ2v) is 6.09. The highest BCUT2D eigenvalue weighted by molar-refractivity contribution is 5.89. The van der Waals surface area contributed by atoms with Gasteiger partial charge in [0.15, 0.2) is 0 Å². The Kier molecular flexibility index (Phi) is 3.66. The Morgan fingerprint density at radius 2 is 1.85 bits per heavy atom. The highest BCUT2D eigenvalue weighted by Crippen LogP contribution is 2.40. The van der Waals surface area contributed by atoms with Crippen LogP contribution in [-0.2, 0) is 0 Å². The molecular formula is C16H23N3O. The van der Waals surface area contributed by atoms with Crippen LogP contribution in [0, 0.1) is 5.41 Å². The van der Waals surface area contributed by atoms with Gasteiger partial charge in [-0.2, -0.15) is 0 Å². The summed E-state index contributed by atoms with van der Waals surface area (Å²) >= 11 is 0. The van der Waals surface area contributed by atoms with Crippen molar-refractivity contribution in [2.75, 3.05) is 38.0 Å². The quantitative estimate of drug-likeness (QED) is 0.899. The summed E-state index contributed by atoms with van der Waals surface area (Å²) in [5, 5.41) is 2.96. The van der Waals surface area contributed by atoms with Gasteiger partial charge in [0.1, 0.15) is 0 Å². The molecule has 2 aliphatic heterocycles. The zero-order valence-electron chi connectivity index (χ0n) is 12.1. The molecular weight excluding hydrogens is 250 g/mol. The first-order valence-electron chi connectivity index (χ1n) is 7.54. The van der Waals surface area contributed by atoms with Gasteiger partial charge in [0.05, 0.1) is 0 Å². The third kappa shape index (κ3) is 2.66. The van der Waals surface area contributed by atoms with Crippen molar-refractivity contribution < 1.29 is 4.79 Å². The van der Waals surface area contributed by atoms with E-state index in [-0.39, 0.29) is 6.03 Å². The van der Waals surface area contributed by atoms with Crippen LogP contribution in [0.5, 0.6) is 0 Å². The monoisotopic (exact) mass is 273 g/mol. The van der Waals surface area contributed by atoms with Gasteiger partial charge in [-0.3, -0.25) is 0 Å². The molecule has 0 saturated carbocycles. The predicted molar refractivity (Wildman–Crippen MR) is 80.8 cm³/mol. The van der Waals surface area contributed by atoms with Crippen LogP contribution in [0.25, 0.3) is 0 Å². The zero-order chi connectivity index (χ0) is 14.0. The molecule has 1 spiro atoms. The SMILES string of the molecule is CCN1CCC2(CC1)CN(C(=O)Nc1ccccc1)C2. The molecule has 0 radical (unpaired) electrons. The molecule has 2 heterocycles. The van der Waals surface area contributed by atoms with Crippen molar-refractivity contribution in [2.45, 2.75) is 19.8 Å². The molecule has 4 heteroatoms. The highest BCUT2D eigenvalue weighted by Gasteiger charge is 2.46. The Labute approximate surface area is 120 Å². The predicted octanol–water partition coefficient (Wildman–Crippen LogP) is 2.64. The van der Waals surface area contributed by atoms with Crippen molar-refractivity contribution >= 4 is 11.7 Å². The minimum absolute atomic E-state index is 0.0414. The summed E-state index contributed by atoms with van der Waals surface area (Å²) in [4.78, 5) is 16.6. The Balaban J connectivity index is 1.49. The van der Waals surface area contributed by atoms with E-state index < -0.39 is 0 Å². The largest absolute Gasteiger partial charge is 0.323 e. The van der Waals surface area contributed by atoms with E-state index in [1.807, 2.05) is 35.2 Å². The fourth-order valence-corrected chi connectivity index (χ4v) is 3.29. The molecule has 0 unspecified atom stereocenters. The van der Waals surface area contributed by atoms with Crippen molar-refractivity contribution in [1.82, 2.24) is 9.80 Å². The number of likely N-dealkylation sites (tertiary alicyclic amines) is 2. The number of nitrogens with zero attached hydrogens (tertiary/aromatic N) is 2. The number of carbonyl (C=O) groups is 1. The average molecular weight is 273 g/mol. The van der Waals surface area contributed by atoms with Gasteiger partial charge in [0.2, 0.25) is 0 Å². The number of amides is 2. The maximum Gasteiger partial charge on any atom is 0.321 e. The molecule has 2 fully saturated rings. The first kappa shape index (κ1) is 13.4. The molecule has 1 aromatic carbocycles. The Morgan fingerprint density at radius 1 is 1.20 bits per heavy atom. The molecule has 0 aliphatic carbocycles. The lowest BCUT2D eigenvalue weighted by atomic mass is 9.72. The van der Waals surface area contributed by atoms with E-state index in [0.29, 0.717) is 5.41 Å². The molecule has 20 heavy (non-hydrogen) atoms. The van der Waals surface area contributed by atoms with Crippen molar-refractivity contribution in [3.63, 3.8) is 0 Å². The Bertz CT molecular complexity index is 458. The van der Waals surface area contributed by atoms with Gasteiger partial charge in [-0.1, -0.05) is 25.1 Å². The lowest BCUT2D eigenvalue weighted by molar-refractivity contribution is -0.0171. The second-order valence-electron chi connectivity index (χ2n) is 6.09. The molecule has 108 valence electrons. The fraction of sp³-hybridized carbons (Fsp3) is 0.562. The van der Waals surface area contributed by atoms with Crippen molar-refractivity contribution in [3.05, 3.63) is 30.3 Å². The molecule has 2 saturated heterocycles. The van der Waals surface area contributed by atoms with Gasteiger partial charge < -0.3 is 15.1 Å². The number of rotatable bonds is 2. The summed E-state index contributed by atoms with van der Waals surface area (Å²) in [7, 11) is 0. The molecule has 1 N–H and O–H groups in total. The standard InChI is InChI=1S/C16H23N3O/c1-2-18-10-8-16(9-11-18)12-19(13-16)15(20)17-14-6-4-3-5-7-14/h3-7H,2,8-13H2,1H3,(H,17,20). The van der Waals surface area contributed by atoms with Crippen LogP contribution in [-0.4, -0.2) is 48.6 Å². The molecule has 2 amide bonds. The maximum atomic E-state index is 12.1. The molecule has 0 aromatic heterocycles.